The molecule has 3 N–H and O–H groups in total. The third-order valence-corrected chi connectivity index (χ3v) is 3.77. The summed E-state index contributed by atoms with van der Waals surface area (Å²) >= 11 is 5.98. The van der Waals surface area contributed by atoms with Crippen LogP contribution in [-0.2, 0) is 0 Å². The molecule has 0 saturated carbocycles. The summed E-state index contributed by atoms with van der Waals surface area (Å²) in [4.78, 5) is 12.5. The molecule has 0 aliphatic carbocycles. The van der Waals surface area contributed by atoms with Gasteiger partial charge in [0, 0.05) is 12.4 Å². The molecule has 1 aromatic carbocycles. The molecule has 0 aliphatic heterocycles. The SMILES string of the molecule is CC.Cc1c(Cl)cn2[nH]cc(C(=O)c3c(F)ccc(N)c3F)c12. The lowest BCUT2D eigenvalue weighted by molar-refractivity contribution is 0.103. The molecule has 0 aliphatic rings. The number of aromatic amines is 1. The Bertz CT molecular complexity index is 883. The summed E-state index contributed by atoms with van der Waals surface area (Å²) in [6.45, 7) is 5.72. The van der Waals surface area contributed by atoms with E-state index in [4.69, 9.17) is 17.3 Å². The summed E-state index contributed by atoms with van der Waals surface area (Å²) in [5, 5.41) is 3.24. The Morgan fingerprint density at radius 3 is 2.61 bits per heavy atom. The minimum absolute atomic E-state index is 0.128. The van der Waals surface area contributed by atoms with Gasteiger partial charge in [-0.05, 0) is 24.6 Å². The van der Waals surface area contributed by atoms with Crippen molar-refractivity contribution in [2.75, 3.05) is 5.73 Å². The van der Waals surface area contributed by atoms with Gasteiger partial charge in [-0.15, -0.1) is 0 Å². The van der Waals surface area contributed by atoms with Gasteiger partial charge in [-0.25, -0.2) is 8.78 Å². The number of ketones is 1. The minimum Gasteiger partial charge on any atom is -0.396 e. The summed E-state index contributed by atoms with van der Waals surface area (Å²) in [5.41, 5.74) is 5.70. The van der Waals surface area contributed by atoms with E-state index in [0.29, 0.717) is 16.1 Å². The van der Waals surface area contributed by atoms with Crippen LogP contribution in [0.3, 0.4) is 0 Å². The number of hydrogen-bond donors (Lipinski definition) is 2. The summed E-state index contributed by atoms with van der Waals surface area (Å²) in [7, 11) is 0. The molecule has 0 fully saturated rings. The lowest BCUT2D eigenvalue weighted by Crippen LogP contribution is -2.09. The van der Waals surface area contributed by atoms with E-state index in [9.17, 15) is 13.6 Å². The molecule has 7 heteroatoms. The van der Waals surface area contributed by atoms with Crippen molar-refractivity contribution in [1.82, 2.24) is 9.61 Å². The number of nitrogens with zero attached hydrogens (tertiary/aromatic N) is 1. The van der Waals surface area contributed by atoms with Gasteiger partial charge in [-0.2, -0.15) is 0 Å². The molecule has 3 rings (SSSR count). The van der Waals surface area contributed by atoms with Crippen molar-refractivity contribution in [3.05, 3.63) is 57.9 Å². The number of anilines is 1. The summed E-state index contributed by atoms with van der Waals surface area (Å²) < 4.78 is 29.3. The third-order valence-electron chi connectivity index (χ3n) is 3.39. The van der Waals surface area contributed by atoms with E-state index in [2.05, 4.69) is 5.10 Å². The van der Waals surface area contributed by atoms with Gasteiger partial charge in [0.25, 0.3) is 0 Å². The molecule has 122 valence electrons. The Morgan fingerprint density at radius 2 is 1.96 bits per heavy atom. The number of benzene rings is 1. The summed E-state index contributed by atoms with van der Waals surface area (Å²) in [5.74, 6) is -2.81. The van der Waals surface area contributed by atoms with Crippen molar-refractivity contribution in [3.63, 3.8) is 0 Å². The van der Waals surface area contributed by atoms with Gasteiger partial charge in [-0.3, -0.25) is 9.31 Å². The quantitative estimate of drug-likeness (QED) is 0.538. The first-order valence-electron chi connectivity index (χ1n) is 7.04. The van der Waals surface area contributed by atoms with Crippen LogP contribution in [0.1, 0.15) is 35.3 Å². The average Bonchev–Trinajstić information content (AvgIpc) is 3.06. The summed E-state index contributed by atoms with van der Waals surface area (Å²) in [6.07, 6.45) is 2.96. The zero-order chi connectivity index (χ0) is 17.3. The number of halogens is 3. The monoisotopic (exact) mass is 339 g/mol. The molecule has 2 heterocycles. The molecule has 0 unspecified atom stereocenters. The standard InChI is InChI=1S/C14H10ClF2N3O.C2H6/c1-6-8(15)5-20-13(6)7(4-19-20)14(21)11-9(16)2-3-10(18)12(11)17;1-2/h2-5,19H,18H2,1H3;1-2H3. The van der Waals surface area contributed by atoms with E-state index in [1.54, 1.807) is 13.1 Å². The van der Waals surface area contributed by atoms with Crippen molar-refractivity contribution in [3.8, 4) is 0 Å². The van der Waals surface area contributed by atoms with E-state index in [1.807, 2.05) is 13.8 Å². The van der Waals surface area contributed by atoms with Crippen LogP contribution in [-0.4, -0.2) is 15.4 Å². The van der Waals surface area contributed by atoms with E-state index in [-0.39, 0.29) is 11.3 Å². The third kappa shape index (κ3) is 2.70. The second-order valence-electron chi connectivity index (χ2n) is 4.66. The number of fused-ring (bicyclic) bond motifs is 1. The van der Waals surface area contributed by atoms with Crippen molar-refractivity contribution >= 4 is 28.6 Å². The number of carbonyl (C=O) groups is 1. The number of rotatable bonds is 2. The fourth-order valence-electron chi connectivity index (χ4n) is 2.29. The first kappa shape index (κ1) is 17.0. The van der Waals surface area contributed by atoms with Gasteiger partial charge in [0.2, 0.25) is 5.78 Å². The Hall–Kier alpha value is -2.34. The van der Waals surface area contributed by atoms with Crippen LogP contribution in [0.15, 0.2) is 24.5 Å². The van der Waals surface area contributed by atoms with E-state index >= 15 is 0 Å². The van der Waals surface area contributed by atoms with Gasteiger partial charge in [0.1, 0.15) is 5.82 Å². The van der Waals surface area contributed by atoms with E-state index in [1.165, 1.54) is 10.7 Å². The molecule has 2 aromatic heterocycles. The van der Waals surface area contributed by atoms with E-state index < -0.39 is 23.0 Å². The smallest absolute Gasteiger partial charge is 0.202 e. The second-order valence-corrected chi connectivity index (χ2v) is 5.07. The summed E-state index contributed by atoms with van der Waals surface area (Å²) in [6, 6.07) is 2.04. The van der Waals surface area contributed by atoms with Gasteiger partial charge in [0.15, 0.2) is 5.82 Å². The number of nitrogen functional groups attached to an aromatic ring is 1. The number of nitrogens with two attached hydrogens (primary N) is 1. The predicted molar refractivity (Wildman–Crippen MR) is 87.0 cm³/mol. The maximum absolute atomic E-state index is 14.0. The van der Waals surface area contributed by atoms with Gasteiger partial charge >= 0.3 is 0 Å². The van der Waals surface area contributed by atoms with Crippen LogP contribution < -0.4 is 5.73 Å². The molecule has 0 atom stereocenters. The molecule has 0 spiro atoms. The number of hydrogen-bond acceptors (Lipinski definition) is 2. The molecule has 4 nitrogen and oxygen atoms in total. The van der Waals surface area contributed by atoms with Crippen molar-refractivity contribution in [1.29, 1.82) is 0 Å². The normalized spacial score (nSPS) is 10.5. The van der Waals surface area contributed by atoms with Crippen LogP contribution in [0.25, 0.3) is 5.52 Å². The van der Waals surface area contributed by atoms with E-state index in [0.717, 1.165) is 12.1 Å². The van der Waals surface area contributed by atoms with Crippen LogP contribution in [0.2, 0.25) is 5.02 Å². The minimum atomic E-state index is -1.06. The molecule has 23 heavy (non-hydrogen) atoms. The zero-order valence-electron chi connectivity index (χ0n) is 12.9. The second kappa shape index (κ2) is 6.42. The highest BCUT2D eigenvalue weighted by atomic mass is 35.5. The number of carbonyl (C=O) groups excluding carboxylic acids is 1. The fraction of sp³-hybridized carbons (Fsp3) is 0.188. The highest BCUT2D eigenvalue weighted by Crippen LogP contribution is 2.28. The predicted octanol–water partition coefficient (Wildman–Crippen LogP) is 4.35. The maximum Gasteiger partial charge on any atom is 0.202 e. The zero-order valence-corrected chi connectivity index (χ0v) is 13.6. The molecule has 0 bridgehead atoms. The molecular weight excluding hydrogens is 324 g/mol. The number of nitrogens with one attached hydrogen (secondary N) is 1. The fourth-order valence-corrected chi connectivity index (χ4v) is 2.48. The van der Waals surface area contributed by atoms with Crippen LogP contribution in [0.4, 0.5) is 14.5 Å². The lowest BCUT2D eigenvalue weighted by Gasteiger charge is -2.05. The molecular formula is C16H16ClF2N3O. The first-order valence-corrected chi connectivity index (χ1v) is 7.42. The van der Waals surface area contributed by atoms with Crippen molar-refractivity contribution in [2.45, 2.75) is 20.8 Å². The Labute approximate surface area is 136 Å². The van der Waals surface area contributed by atoms with Gasteiger partial charge in [0.05, 0.1) is 27.4 Å². The van der Waals surface area contributed by atoms with Crippen LogP contribution in [0, 0.1) is 18.6 Å². The van der Waals surface area contributed by atoms with Crippen molar-refractivity contribution < 1.29 is 13.6 Å². The molecule has 3 aromatic rings. The average molecular weight is 340 g/mol. The number of aromatic nitrogens is 2. The highest BCUT2D eigenvalue weighted by molar-refractivity contribution is 6.32. The van der Waals surface area contributed by atoms with Gasteiger partial charge < -0.3 is 10.8 Å². The van der Waals surface area contributed by atoms with Crippen molar-refractivity contribution in [2.24, 2.45) is 0 Å². The maximum atomic E-state index is 14.0. The van der Waals surface area contributed by atoms with Crippen LogP contribution >= 0.6 is 11.6 Å². The molecule has 0 saturated heterocycles. The first-order chi connectivity index (χ1) is 10.9. The Kier molecular flexibility index (Phi) is 4.75. The van der Waals surface area contributed by atoms with Crippen LogP contribution in [0.5, 0.6) is 0 Å². The van der Waals surface area contributed by atoms with Gasteiger partial charge in [-0.1, -0.05) is 25.4 Å². The lowest BCUT2D eigenvalue weighted by atomic mass is 10.0. The highest BCUT2D eigenvalue weighted by Gasteiger charge is 2.25. The Morgan fingerprint density at radius 1 is 1.30 bits per heavy atom. The molecule has 0 amide bonds. The Balaban J connectivity index is 0.000000924. The largest absolute Gasteiger partial charge is 0.396 e. The number of H-pyrrole nitrogens is 1. The topological polar surface area (TPSA) is 63.3 Å². The number of aryl methyl sites for hydroxylation is 1. The molecule has 0 radical (unpaired) electrons.